The molecule has 0 aliphatic rings. The van der Waals surface area contributed by atoms with Crippen molar-refractivity contribution in [2.45, 2.75) is 38.1 Å². The smallest absolute Gasteiger partial charge is 0.191 e. The lowest BCUT2D eigenvalue weighted by Gasteiger charge is -2.12. The summed E-state index contributed by atoms with van der Waals surface area (Å²) in [7, 11) is 1.94. The van der Waals surface area contributed by atoms with Crippen LogP contribution in [0.1, 0.15) is 34.0 Å². The third-order valence-electron chi connectivity index (χ3n) is 4.53. The predicted molar refractivity (Wildman–Crippen MR) is 107 cm³/mol. The first kappa shape index (κ1) is 18.4. The molecule has 0 saturated carbocycles. The molecule has 0 aliphatic carbocycles. The molecule has 134 valence electrons. The Labute approximate surface area is 158 Å². The minimum absolute atomic E-state index is 0.122. The first-order valence-electron chi connectivity index (χ1n) is 8.62. The van der Waals surface area contributed by atoms with E-state index in [9.17, 15) is 4.79 Å². The number of hydrogen-bond donors (Lipinski definition) is 0. The van der Waals surface area contributed by atoms with E-state index >= 15 is 0 Å². The van der Waals surface area contributed by atoms with Crippen molar-refractivity contribution in [2.24, 2.45) is 7.05 Å². The van der Waals surface area contributed by atoms with Crippen LogP contribution >= 0.6 is 11.8 Å². The number of ketones is 1. The first-order chi connectivity index (χ1) is 12.4. The summed E-state index contributed by atoms with van der Waals surface area (Å²) < 4.78 is 1.96. The van der Waals surface area contributed by atoms with E-state index in [1.54, 1.807) is 0 Å². The van der Waals surface area contributed by atoms with Gasteiger partial charge in [0.2, 0.25) is 0 Å². The largest absolute Gasteiger partial charge is 0.305 e. The van der Waals surface area contributed by atoms with Gasteiger partial charge in [0.1, 0.15) is 0 Å². The number of benzene rings is 2. The maximum absolute atomic E-state index is 12.9. The molecule has 0 unspecified atom stereocenters. The molecule has 4 nitrogen and oxygen atoms in total. The molecule has 3 aromatic rings. The van der Waals surface area contributed by atoms with Crippen molar-refractivity contribution in [3.63, 3.8) is 0 Å². The van der Waals surface area contributed by atoms with Crippen LogP contribution in [0.3, 0.4) is 0 Å². The molecule has 0 fully saturated rings. The van der Waals surface area contributed by atoms with E-state index in [0.29, 0.717) is 0 Å². The minimum atomic E-state index is -0.233. The molecule has 1 heterocycles. The van der Waals surface area contributed by atoms with Crippen molar-refractivity contribution in [2.75, 3.05) is 0 Å². The van der Waals surface area contributed by atoms with Crippen LogP contribution in [-0.4, -0.2) is 25.8 Å². The second-order valence-electron chi connectivity index (χ2n) is 6.62. The van der Waals surface area contributed by atoms with Crippen LogP contribution < -0.4 is 0 Å². The summed E-state index contributed by atoms with van der Waals surface area (Å²) in [6.45, 7) is 7.97. The monoisotopic (exact) mass is 365 g/mol. The summed E-state index contributed by atoms with van der Waals surface area (Å²) in [6, 6.07) is 14.1. The Kier molecular flexibility index (Phi) is 5.28. The quantitative estimate of drug-likeness (QED) is 0.483. The SMILES string of the molecule is Cc1ccc(C)c(C(=O)[C@H](C)Sc2nnc(-c3ccccc3C)n2C)c1. The first-order valence-corrected chi connectivity index (χ1v) is 9.50. The molecule has 2 aromatic carbocycles. The van der Waals surface area contributed by atoms with Crippen LogP contribution in [0.25, 0.3) is 11.4 Å². The molecule has 0 saturated heterocycles. The Balaban J connectivity index is 1.84. The number of thioether (sulfide) groups is 1. The lowest BCUT2D eigenvalue weighted by Crippen LogP contribution is -2.16. The lowest BCUT2D eigenvalue weighted by molar-refractivity contribution is 0.0993. The Hall–Kier alpha value is -2.40. The summed E-state index contributed by atoms with van der Waals surface area (Å²) in [5.41, 5.74) is 5.09. The van der Waals surface area contributed by atoms with Gasteiger partial charge in [-0.05, 0) is 44.9 Å². The maximum Gasteiger partial charge on any atom is 0.191 e. The van der Waals surface area contributed by atoms with E-state index in [4.69, 9.17) is 0 Å². The highest BCUT2D eigenvalue weighted by Gasteiger charge is 2.22. The molecule has 26 heavy (non-hydrogen) atoms. The van der Waals surface area contributed by atoms with Crippen LogP contribution in [0.2, 0.25) is 0 Å². The van der Waals surface area contributed by atoms with Gasteiger partial charge in [-0.3, -0.25) is 4.79 Å². The third kappa shape index (κ3) is 3.58. The van der Waals surface area contributed by atoms with E-state index in [2.05, 4.69) is 23.2 Å². The zero-order valence-corrected chi connectivity index (χ0v) is 16.6. The van der Waals surface area contributed by atoms with Gasteiger partial charge in [-0.15, -0.1) is 10.2 Å². The van der Waals surface area contributed by atoms with Crippen LogP contribution in [0, 0.1) is 20.8 Å². The summed E-state index contributed by atoms with van der Waals surface area (Å²) in [5.74, 6) is 0.939. The number of Topliss-reactive ketones (excluding diaryl/α,β-unsaturated/α-hetero) is 1. The molecule has 1 atom stereocenters. The number of aromatic nitrogens is 3. The van der Waals surface area contributed by atoms with E-state index in [-0.39, 0.29) is 11.0 Å². The van der Waals surface area contributed by atoms with Gasteiger partial charge in [-0.2, -0.15) is 0 Å². The number of carbonyl (C=O) groups excluding carboxylic acids is 1. The van der Waals surface area contributed by atoms with Gasteiger partial charge in [-0.1, -0.05) is 53.7 Å². The molecule has 1 aromatic heterocycles. The van der Waals surface area contributed by atoms with Crippen molar-refractivity contribution in [1.82, 2.24) is 14.8 Å². The average molecular weight is 366 g/mol. The van der Waals surface area contributed by atoms with Gasteiger partial charge < -0.3 is 4.57 Å². The zero-order valence-electron chi connectivity index (χ0n) is 15.8. The normalized spacial score (nSPS) is 12.2. The standard InChI is InChI=1S/C21H23N3OS/c1-13-10-11-15(3)18(12-13)19(25)16(4)26-21-23-22-20(24(21)5)17-9-7-6-8-14(17)2/h6-12,16H,1-5H3/t16-/m0/s1. The second kappa shape index (κ2) is 7.46. The predicted octanol–water partition coefficient (Wildman–Crippen LogP) is 4.77. The highest BCUT2D eigenvalue weighted by atomic mass is 32.2. The average Bonchev–Trinajstić information content (AvgIpc) is 2.97. The number of carbonyl (C=O) groups is 1. The maximum atomic E-state index is 12.9. The van der Waals surface area contributed by atoms with Crippen molar-refractivity contribution < 1.29 is 4.79 Å². The Morgan fingerprint density at radius 3 is 2.50 bits per heavy atom. The molecule has 0 aliphatic heterocycles. The van der Waals surface area contributed by atoms with E-state index < -0.39 is 0 Å². The van der Waals surface area contributed by atoms with Crippen molar-refractivity contribution >= 4 is 17.5 Å². The topological polar surface area (TPSA) is 47.8 Å². The van der Waals surface area contributed by atoms with E-state index in [1.165, 1.54) is 11.8 Å². The van der Waals surface area contributed by atoms with Crippen LogP contribution in [0.5, 0.6) is 0 Å². The molecule has 0 radical (unpaired) electrons. The molecular formula is C21H23N3OS. The Bertz CT molecular complexity index is 962. The molecular weight excluding hydrogens is 342 g/mol. The highest BCUT2D eigenvalue weighted by Crippen LogP contribution is 2.29. The van der Waals surface area contributed by atoms with Crippen LogP contribution in [-0.2, 0) is 7.05 Å². The van der Waals surface area contributed by atoms with Crippen LogP contribution in [0.15, 0.2) is 47.6 Å². The second-order valence-corrected chi connectivity index (χ2v) is 7.93. The summed E-state index contributed by atoms with van der Waals surface area (Å²) in [5, 5.41) is 9.17. The summed E-state index contributed by atoms with van der Waals surface area (Å²) in [4.78, 5) is 12.9. The van der Waals surface area contributed by atoms with Gasteiger partial charge in [-0.25, -0.2) is 0 Å². The fraction of sp³-hybridized carbons (Fsp3) is 0.286. The van der Waals surface area contributed by atoms with Gasteiger partial charge in [0, 0.05) is 18.2 Å². The molecule has 5 heteroatoms. The molecule has 0 spiro atoms. The number of nitrogens with zero attached hydrogens (tertiary/aromatic N) is 3. The molecule has 3 rings (SSSR count). The molecule has 0 amide bonds. The minimum Gasteiger partial charge on any atom is -0.305 e. The zero-order chi connectivity index (χ0) is 18.8. The molecule has 0 N–H and O–H groups in total. The van der Waals surface area contributed by atoms with Crippen LogP contribution in [0.4, 0.5) is 0 Å². The van der Waals surface area contributed by atoms with Crippen molar-refractivity contribution in [3.8, 4) is 11.4 Å². The van der Waals surface area contributed by atoms with Crippen molar-refractivity contribution in [3.05, 3.63) is 64.7 Å². The van der Waals surface area contributed by atoms with E-state index in [0.717, 1.165) is 38.8 Å². The number of hydrogen-bond acceptors (Lipinski definition) is 4. The van der Waals surface area contributed by atoms with E-state index in [1.807, 2.05) is 68.8 Å². The van der Waals surface area contributed by atoms with Gasteiger partial charge in [0.05, 0.1) is 5.25 Å². The number of rotatable bonds is 5. The van der Waals surface area contributed by atoms with Crippen molar-refractivity contribution in [1.29, 1.82) is 0 Å². The van der Waals surface area contributed by atoms with Gasteiger partial charge in [0.25, 0.3) is 0 Å². The van der Waals surface area contributed by atoms with Gasteiger partial charge >= 0.3 is 0 Å². The Morgan fingerprint density at radius 1 is 1.04 bits per heavy atom. The highest BCUT2D eigenvalue weighted by molar-refractivity contribution is 8.00. The fourth-order valence-corrected chi connectivity index (χ4v) is 3.79. The van der Waals surface area contributed by atoms with Gasteiger partial charge in [0.15, 0.2) is 16.8 Å². The Morgan fingerprint density at radius 2 is 1.77 bits per heavy atom. The fourth-order valence-electron chi connectivity index (χ4n) is 2.91. The summed E-state index contributed by atoms with van der Waals surface area (Å²) >= 11 is 1.45. The lowest BCUT2D eigenvalue weighted by atomic mass is 10.0. The summed E-state index contributed by atoms with van der Waals surface area (Å²) in [6.07, 6.45) is 0. The number of aryl methyl sites for hydroxylation is 3. The molecule has 0 bridgehead atoms. The third-order valence-corrected chi connectivity index (χ3v) is 5.66.